The first-order valence-corrected chi connectivity index (χ1v) is 24.9. The standard InChI is InChI=1S/C48H94O22/c1-2-3-4-5-6-7-8-9-10-11-12-33(13-34(59)22-49)45(14-35(60)23-50,15-36(61)24-51)47(18-39(64)27-54,19-40(65)28-55)48(20-41(66)29-56,21-42(67)30-57)46(16-37(62)25-52,17-38(63)26-53)44(69)70-32-43(68)31-58/h9-10,33-43,49-68H,2-8,11-32H2,1H3/b10-9-. The van der Waals surface area contributed by atoms with Crippen molar-refractivity contribution in [2.75, 3.05) is 72.7 Å². The van der Waals surface area contributed by atoms with Gasteiger partial charge in [-0.3, -0.25) is 4.79 Å². The topological polar surface area (TPSA) is 431 Å². The number of aliphatic hydroxyl groups excluding tert-OH is 20. The Labute approximate surface area is 412 Å². The van der Waals surface area contributed by atoms with E-state index < -0.39 is 225 Å². The van der Waals surface area contributed by atoms with E-state index in [-0.39, 0.29) is 12.8 Å². The minimum atomic E-state index is -2.96. The molecule has 70 heavy (non-hydrogen) atoms. The molecule has 11 atom stereocenters. The van der Waals surface area contributed by atoms with Crippen LogP contribution in [0.4, 0.5) is 0 Å². The van der Waals surface area contributed by atoms with E-state index in [0.717, 1.165) is 38.5 Å². The molecule has 11 unspecified atom stereocenters. The zero-order valence-corrected chi connectivity index (χ0v) is 41.3. The molecule has 22 heteroatoms. The Bertz CT molecular complexity index is 1300. The molecule has 22 nitrogen and oxygen atoms in total. The summed E-state index contributed by atoms with van der Waals surface area (Å²) in [5.74, 6) is -2.96. The molecule has 0 radical (unpaired) electrons. The molecule has 0 saturated heterocycles. The van der Waals surface area contributed by atoms with E-state index in [2.05, 4.69) is 6.92 Å². The fraction of sp³-hybridized carbons (Fsp3) is 0.938. The molecule has 0 aromatic carbocycles. The Morgan fingerprint density at radius 3 is 1.16 bits per heavy atom. The lowest BCUT2D eigenvalue weighted by Crippen LogP contribution is -2.70. The van der Waals surface area contributed by atoms with Crippen molar-refractivity contribution in [2.45, 2.75) is 184 Å². The summed E-state index contributed by atoms with van der Waals surface area (Å²) >= 11 is 0. The van der Waals surface area contributed by atoms with Crippen molar-refractivity contribution in [3.63, 3.8) is 0 Å². The number of carbonyl (C=O) groups excluding carboxylic acids is 1. The summed E-state index contributed by atoms with van der Waals surface area (Å²) in [5.41, 5.74) is -10.9. The Kier molecular flexibility index (Phi) is 35.5. The molecule has 0 bridgehead atoms. The summed E-state index contributed by atoms with van der Waals surface area (Å²) < 4.78 is 5.64. The maximum absolute atomic E-state index is 15.6. The normalized spacial score (nSPS) is 20.7. The quantitative estimate of drug-likeness (QED) is 0.0158. The number of allylic oxidation sites excluding steroid dienone is 2. The molecule has 0 aliphatic heterocycles. The molecular weight excluding hydrogens is 929 g/mol. The number of esters is 1. The van der Waals surface area contributed by atoms with Crippen molar-refractivity contribution in [3.05, 3.63) is 12.2 Å². The maximum Gasteiger partial charge on any atom is 0.312 e. The second-order valence-corrected chi connectivity index (χ2v) is 19.5. The van der Waals surface area contributed by atoms with Crippen LogP contribution in [0.25, 0.3) is 0 Å². The molecular formula is C48H94O22. The Balaban J connectivity index is 10.1. The maximum atomic E-state index is 15.6. The van der Waals surface area contributed by atoms with E-state index in [1.54, 1.807) is 6.08 Å². The zero-order chi connectivity index (χ0) is 53.6. The highest BCUT2D eigenvalue weighted by Crippen LogP contribution is 2.74. The van der Waals surface area contributed by atoms with Crippen molar-refractivity contribution >= 4 is 5.97 Å². The van der Waals surface area contributed by atoms with Crippen LogP contribution < -0.4 is 0 Å². The molecule has 0 rings (SSSR count). The molecule has 0 heterocycles. The molecule has 0 aromatic rings. The van der Waals surface area contributed by atoms with Gasteiger partial charge in [0.05, 0.1) is 126 Å². The molecule has 0 aliphatic rings. The number of hydrogen-bond donors (Lipinski definition) is 20. The fourth-order valence-corrected chi connectivity index (χ4v) is 11.4. The summed E-state index contributed by atoms with van der Waals surface area (Å²) in [6.45, 7) is -10.2. The van der Waals surface area contributed by atoms with E-state index in [9.17, 15) is 102 Å². The first-order valence-electron chi connectivity index (χ1n) is 24.9. The van der Waals surface area contributed by atoms with Gasteiger partial charge >= 0.3 is 5.97 Å². The van der Waals surface area contributed by atoms with Gasteiger partial charge in [-0.2, -0.15) is 0 Å². The molecule has 0 aliphatic carbocycles. The van der Waals surface area contributed by atoms with E-state index >= 15 is 4.79 Å². The van der Waals surface area contributed by atoms with Gasteiger partial charge in [0.1, 0.15) is 12.7 Å². The molecule has 20 N–H and O–H groups in total. The Morgan fingerprint density at radius 2 is 0.757 bits per heavy atom. The van der Waals surface area contributed by atoms with Crippen molar-refractivity contribution in [3.8, 4) is 0 Å². The number of hydrogen-bond acceptors (Lipinski definition) is 22. The minimum Gasteiger partial charge on any atom is -0.462 e. The summed E-state index contributed by atoms with van der Waals surface area (Å²) in [5, 5.41) is 223. The first kappa shape index (κ1) is 68.4. The zero-order valence-electron chi connectivity index (χ0n) is 41.3. The lowest BCUT2D eigenvalue weighted by atomic mass is 9.33. The van der Waals surface area contributed by atoms with Crippen LogP contribution in [0.3, 0.4) is 0 Å². The molecule has 0 aromatic heterocycles. The SMILES string of the molecule is CCCCCCCC/C=C\CCC(CC(O)CO)C(CC(O)CO)(CC(O)CO)C(CC(O)CO)(CC(O)CO)C(CC(O)CO)(CC(O)CO)C(CC(O)CO)(CC(O)CO)C(=O)OCC(O)CO. The van der Waals surface area contributed by atoms with Crippen LogP contribution in [0.2, 0.25) is 0 Å². The molecule has 0 saturated carbocycles. The van der Waals surface area contributed by atoms with Crippen LogP contribution in [0.1, 0.15) is 122 Å². The third-order valence-electron chi connectivity index (χ3n) is 14.3. The third-order valence-corrected chi connectivity index (χ3v) is 14.3. The summed E-state index contributed by atoms with van der Waals surface area (Å²) in [6.07, 6.45) is -18.5. The van der Waals surface area contributed by atoms with Crippen LogP contribution in [0.5, 0.6) is 0 Å². The van der Waals surface area contributed by atoms with Gasteiger partial charge in [0.15, 0.2) is 0 Å². The Hall–Kier alpha value is -1.59. The van der Waals surface area contributed by atoms with Crippen molar-refractivity contribution in [1.29, 1.82) is 0 Å². The minimum absolute atomic E-state index is 0.0935. The Morgan fingerprint density at radius 1 is 0.414 bits per heavy atom. The van der Waals surface area contributed by atoms with Gasteiger partial charge in [0.25, 0.3) is 0 Å². The number of rotatable bonds is 45. The first-order chi connectivity index (χ1) is 33.2. The van der Waals surface area contributed by atoms with Crippen molar-refractivity contribution < 1.29 is 112 Å². The highest BCUT2D eigenvalue weighted by Gasteiger charge is 2.74. The lowest BCUT2D eigenvalue weighted by Gasteiger charge is -2.70. The number of ether oxygens (including phenoxy) is 1. The second-order valence-electron chi connectivity index (χ2n) is 19.5. The van der Waals surface area contributed by atoms with Gasteiger partial charge < -0.3 is 107 Å². The molecule has 0 spiro atoms. The predicted molar refractivity (Wildman–Crippen MR) is 253 cm³/mol. The summed E-state index contributed by atoms with van der Waals surface area (Å²) in [6, 6.07) is 0. The van der Waals surface area contributed by atoms with Crippen molar-refractivity contribution in [1.82, 2.24) is 0 Å². The average Bonchev–Trinajstić information content (AvgIpc) is 3.35. The summed E-state index contributed by atoms with van der Waals surface area (Å²) in [7, 11) is 0. The lowest BCUT2D eigenvalue weighted by molar-refractivity contribution is -0.270. The van der Waals surface area contributed by atoms with Crippen LogP contribution >= 0.6 is 0 Å². The molecule has 418 valence electrons. The van der Waals surface area contributed by atoms with Gasteiger partial charge in [0.2, 0.25) is 0 Å². The highest BCUT2D eigenvalue weighted by molar-refractivity contribution is 5.79. The van der Waals surface area contributed by atoms with Crippen LogP contribution in [0, 0.1) is 27.6 Å². The van der Waals surface area contributed by atoms with Gasteiger partial charge in [-0.1, -0.05) is 51.2 Å². The molecule has 0 fully saturated rings. The highest BCUT2D eigenvalue weighted by atomic mass is 16.5. The number of unbranched alkanes of at least 4 members (excludes halogenated alkanes) is 6. The van der Waals surface area contributed by atoms with Gasteiger partial charge in [-0.05, 0) is 106 Å². The van der Waals surface area contributed by atoms with Crippen LogP contribution in [-0.4, -0.2) is 242 Å². The smallest absolute Gasteiger partial charge is 0.312 e. The van der Waals surface area contributed by atoms with Gasteiger partial charge in [0, 0.05) is 0 Å². The van der Waals surface area contributed by atoms with E-state index in [1.807, 2.05) is 6.08 Å². The number of carbonyl (C=O) groups is 1. The number of aliphatic hydroxyl groups is 20. The largest absolute Gasteiger partial charge is 0.462 e. The second kappa shape index (κ2) is 36.4. The third kappa shape index (κ3) is 20.3. The summed E-state index contributed by atoms with van der Waals surface area (Å²) in [4.78, 5) is 15.6. The fourth-order valence-electron chi connectivity index (χ4n) is 11.4. The van der Waals surface area contributed by atoms with Crippen molar-refractivity contribution in [2.24, 2.45) is 27.6 Å². The van der Waals surface area contributed by atoms with E-state index in [0.29, 0.717) is 6.42 Å². The van der Waals surface area contributed by atoms with Gasteiger partial charge in [-0.25, -0.2) is 0 Å². The monoisotopic (exact) mass is 1020 g/mol. The average molecular weight is 1020 g/mol. The van der Waals surface area contributed by atoms with Gasteiger partial charge in [-0.15, -0.1) is 0 Å². The van der Waals surface area contributed by atoms with Crippen LogP contribution in [-0.2, 0) is 9.53 Å². The predicted octanol–water partition coefficient (Wildman–Crippen LogP) is -3.78. The van der Waals surface area contributed by atoms with E-state index in [1.165, 1.54) is 0 Å². The van der Waals surface area contributed by atoms with Crippen LogP contribution in [0.15, 0.2) is 12.2 Å². The molecule has 0 amide bonds. The van der Waals surface area contributed by atoms with E-state index in [4.69, 9.17) is 4.74 Å².